The standard InChI is InChI=1S/C21H40O3/c1-5-6-8-12-21(3,4)13-11-17-16(2)18(22)15-19(17)24-20-10-7-9-14-23-20/h16-20,22H,5-15H2,1-4H3/t16?,17?,18-,19?,20?/m0/s1. The number of hydrogen-bond acceptors (Lipinski definition) is 3. The van der Waals surface area contributed by atoms with E-state index >= 15 is 0 Å². The SMILES string of the molecule is CCCCCC(C)(C)CCC1C(OC2CCCCO2)C[C@H](O)C1C. The second-order valence-corrected chi connectivity index (χ2v) is 8.96. The molecular formula is C21H40O3. The minimum atomic E-state index is -0.216. The zero-order valence-corrected chi connectivity index (χ0v) is 16.4. The van der Waals surface area contributed by atoms with Crippen LogP contribution >= 0.6 is 0 Å². The fraction of sp³-hybridized carbons (Fsp3) is 1.00. The zero-order chi connectivity index (χ0) is 17.6. The van der Waals surface area contributed by atoms with Crippen molar-refractivity contribution in [1.82, 2.24) is 0 Å². The van der Waals surface area contributed by atoms with Crippen molar-refractivity contribution in [3.63, 3.8) is 0 Å². The Kier molecular flexibility index (Phi) is 8.03. The molecule has 24 heavy (non-hydrogen) atoms. The molecule has 5 atom stereocenters. The van der Waals surface area contributed by atoms with Crippen LogP contribution in [0.25, 0.3) is 0 Å². The fourth-order valence-corrected chi connectivity index (χ4v) is 4.41. The Labute approximate surface area is 149 Å². The number of aliphatic hydroxyl groups excluding tert-OH is 1. The van der Waals surface area contributed by atoms with E-state index in [1.165, 1.54) is 38.5 Å². The van der Waals surface area contributed by atoms with Gasteiger partial charge >= 0.3 is 0 Å². The minimum Gasteiger partial charge on any atom is -0.393 e. The third kappa shape index (κ3) is 6.00. The molecule has 0 aromatic carbocycles. The maximum atomic E-state index is 10.3. The van der Waals surface area contributed by atoms with E-state index in [1.54, 1.807) is 0 Å². The summed E-state index contributed by atoms with van der Waals surface area (Å²) in [7, 11) is 0. The molecule has 1 saturated heterocycles. The lowest BCUT2D eigenvalue weighted by Gasteiger charge is -2.32. The van der Waals surface area contributed by atoms with Gasteiger partial charge in [0.25, 0.3) is 0 Å². The number of ether oxygens (including phenoxy) is 2. The van der Waals surface area contributed by atoms with Crippen molar-refractivity contribution in [3.8, 4) is 0 Å². The first-order valence-corrected chi connectivity index (χ1v) is 10.4. The second kappa shape index (κ2) is 9.54. The summed E-state index contributed by atoms with van der Waals surface area (Å²) in [6, 6.07) is 0. The molecule has 0 aromatic rings. The van der Waals surface area contributed by atoms with Crippen LogP contribution in [-0.2, 0) is 9.47 Å². The summed E-state index contributed by atoms with van der Waals surface area (Å²) in [5.41, 5.74) is 0.397. The van der Waals surface area contributed by atoms with Gasteiger partial charge in [-0.25, -0.2) is 0 Å². The smallest absolute Gasteiger partial charge is 0.157 e. The number of aliphatic hydroxyl groups is 1. The highest BCUT2D eigenvalue weighted by Gasteiger charge is 2.42. The molecule has 1 saturated carbocycles. The number of rotatable bonds is 9. The first-order chi connectivity index (χ1) is 11.4. The van der Waals surface area contributed by atoms with Crippen LogP contribution in [0.3, 0.4) is 0 Å². The molecule has 4 unspecified atom stereocenters. The van der Waals surface area contributed by atoms with E-state index in [0.717, 1.165) is 32.3 Å². The van der Waals surface area contributed by atoms with E-state index in [9.17, 15) is 5.11 Å². The summed E-state index contributed by atoms with van der Waals surface area (Å²) in [5, 5.41) is 10.3. The largest absolute Gasteiger partial charge is 0.393 e. The summed E-state index contributed by atoms with van der Waals surface area (Å²) in [5.74, 6) is 0.806. The Hall–Kier alpha value is -0.120. The molecule has 0 radical (unpaired) electrons. The van der Waals surface area contributed by atoms with Crippen molar-refractivity contribution in [2.45, 2.75) is 110 Å². The monoisotopic (exact) mass is 340 g/mol. The van der Waals surface area contributed by atoms with Crippen molar-refractivity contribution in [3.05, 3.63) is 0 Å². The van der Waals surface area contributed by atoms with Crippen molar-refractivity contribution < 1.29 is 14.6 Å². The Morgan fingerprint density at radius 1 is 1.17 bits per heavy atom. The first-order valence-electron chi connectivity index (χ1n) is 10.4. The normalized spacial score (nSPS) is 34.6. The van der Waals surface area contributed by atoms with Crippen LogP contribution in [0.1, 0.15) is 91.9 Å². The van der Waals surface area contributed by atoms with Crippen molar-refractivity contribution in [2.75, 3.05) is 6.61 Å². The van der Waals surface area contributed by atoms with Gasteiger partial charge in [0.1, 0.15) is 0 Å². The Balaban J connectivity index is 1.84. The number of hydrogen-bond donors (Lipinski definition) is 1. The third-order valence-electron chi connectivity index (χ3n) is 6.31. The molecule has 1 aliphatic heterocycles. The molecule has 3 heteroatoms. The first kappa shape index (κ1) is 20.2. The molecular weight excluding hydrogens is 300 g/mol. The second-order valence-electron chi connectivity index (χ2n) is 8.96. The minimum absolute atomic E-state index is 0.0404. The predicted molar refractivity (Wildman–Crippen MR) is 98.9 cm³/mol. The molecule has 2 rings (SSSR count). The summed E-state index contributed by atoms with van der Waals surface area (Å²) < 4.78 is 12.1. The molecule has 3 nitrogen and oxygen atoms in total. The van der Waals surface area contributed by atoms with Gasteiger partial charge in [-0.05, 0) is 55.8 Å². The lowest BCUT2D eigenvalue weighted by Crippen LogP contribution is -2.31. The summed E-state index contributed by atoms with van der Waals surface area (Å²) >= 11 is 0. The highest BCUT2D eigenvalue weighted by atomic mass is 16.7. The summed E-state index contributed by atoms with van der Waals surface area (Å²) in [6.07, 6.45) is 11.7. The van der Waals surface area contributed by atoms with E-state index in [0.29, 0.717) is 17.3 Å². The van der Waals surface area contributed by atoms with Crippen molar-refractivity contribution >= 4 is 0 Å². The zero-order valence-electron chi connectivity index (χ0n) is 16.4. The van der Waals surface area contributed by atoms with Gasteiger partial charge in [0, 0.05) is 13.0 Å². The molecule has 0 amide bonds. The van der Waals surface area contributed by atoms with Gasteiger partial charge in [-0.2, -0.15) is 0 Å². The molecule has 1 aliphatic carbocycles. The van der Waals surface area contributed by atoms with Gasteiger partial charge < -0.3 is 14.6 Å². The lowest BCUT2D eigenvalue weighted by molar-refractivity contribution is -0.196. The maximum Gasteiger partial charge on any atom is 0.157 e. The van der Waals surface area contributed by atoms with E-state index in [-0.39, 0.29) is 18.5 Å². The topological polar surface area (TPSA) is 38.7 Å². The van der Waals surface area contributed by atoms with E-state index < -0.39 is 0 Å². The quantitative estimate of drug-likeness (QED) is 0.579. The van der Waals surface area contributed by atoms with Crippen molar-refractivity contribution in [2.24, 2.45) is 17.3 Å². The van der Waals surface area contributed by atoms with Crippen molar-refractivity contribution in [1.29, 1.82) is 0 Å². The Morgan fingerprint density at radius 3 is 2.62 bits per heavy atom. The van der Waals surface area contributed by atoms with Gasteiger partial charge in [0.05, 0.1) is 12.2 Å². The number of unbranched alkanes of at least 4 members (excludes halogenated alkanes) is 2. The van der Waals surface area contributed by atoms with Crippen LogP contribution < -0.4 is 0 Å². The van der Waals surface area contributed by atoms with Gasteiger partial charge in [0.2, 0.25) is 0 Å². The van der Waals surface area contributed by atoms with Crippen LogP contribution in [-0.4, -0.2) is 30.2 Å². The molecule has 0 bridgehead atoms. The molecule has 1 heterocycles. The molecule has 2 aliphatic rings. The average Bonchev–Trinajstić information content (AvgIpc) is 2.81. The van der Waals surface area contributed by atoms with E-state index in [1.807, 2.05) is 0 Å². The summed E-state index contributed by atoms with van der Waals surface area (Å²) in [6.45, 7) is 10.1. The fourth-order valence-electron chi connectivity index (χ4n) is 4.41. The van der Waals surface area contributed by atoms with Gasteiger partial charge in [-0.1, -0.05) is 47.0 Å². The van der Waals surface area contributed by atoms with Crippen LogP contribution in [0, 0.1) is 17.3 Å². The highest BCUT2D eigenvalue weighted by Crippen LogP contribution is 2.41. The van der Waals surface area contributed by atoms with Gasteiger partial charge in [0.15, 0.2) is 6.29 Å². The average molecular weight is 341 g/mol. The molecule has 1 N–H and O–H groups in total. The molecule has 0 aromatic heterocycles. The van der Waals surface area contributed by atoms with E-state index in [4.69, 9.17) is 9.47 Å². The van der Waals surface area contributed by atoms with Crippen LogP contribution in [0.2, 0.25) is 0 Å². The predicted octanol–water partition coefficient (Wildman–Crippen LogP) is 5.30. The van der Waals surface area contributed by atoms with Gasteiger partial charge in [-0.15, -0.1) is 0 Å². The molecule has 2 fully saturated rings. The van der Waals surface area contributed by atoms with Gasteiger partial charge in [-0.3, -0.25) is 0 Å². The molecule has 0 spiro atoms. The van der Waals surface area contributed by atoms with Crippen LogP contribution in [0.5, 0.6) is 0 Å². The lowest BCUT2D eigenvalue weighted by atomic mass is 9.78. The highest BCUT2D eigenvalue weighted by molar-refractivity contribution is 4.91. The Morgan fingerprint density at radius 2 is 1.96 bits per heavy atom. The maximum absolute atomic E-state index is 10.3. The van der Waals surface area contributed by atoms with E-state index in [2.05, 4.69) is 27.7 Å². The summed E-state index contributed by atoms with van der Waals surface area (Å²) in [4.78, 5) is 0. The Bertz CT molecular complexity index is 349. The van der Waals surface area contributed by atoms with Crippen LogP contribution in [0.15, 0.2) is 0 Å². The molecule has 142 valence electrons. The third-order valence-corrected chi connectivity index (χ3v) is 6.31. The van der Waals surface area contributed by atoms with Crippen LogP contribution in [0.4, 0.5) is 0 Å².